The number of nitrogens with zero attached hydrogens (tertiary/aromatic N) is 2. The molecule has 0 bridgehead atoms. The first-order chi connectivity index (χ1) is 15.0. The molecule has 1 unspecified atom stereocenters. The van der Waals surface area contributed by atoms with Crippen molar-refractivity contribution in [1.29, 1.82) is 0 Å². The molecule has 1 aromatic heterocycles. The van der Waals surface area contributed by atoms with Crippen molar-refractivity contribution in [2.45, 2.75) is 52.1 Å². The van der Waals surface area contributed by atoms with E-state index in [1.54, 1.807) is 24.3 Å². The Kier molecular flexibility index (Phi) is 8.85. The van der Waals surface area contributed by atoms with Crippen LogP contribution in [0.25, 0.3) is 17.3 Å². The standard InChI is InChI=1S/C22H28FN3O5S/c1-4-32(30,31)26-22-24-20(14(2)3)18(8-6-5-7-17(27)13-19(28)29)21(25-22)15-9-11-16(23)12-10-15/h6,8-12,14,17,27H,4-5,7,13H2,1-3H3,(H,28,29)(H,24,25,26)/b8-6+. The maximum absolute atomic E-state index is 13.5. The zero-order valence-electron chi connectivity index (χ0n) is 18.2. The molecule has 1 atom stereocenters. The number of carboxylic acid groups (broad SMARTS) is 1. The number of aromatic nitrogens is 2. The molecule has 0 radical (unpaired) electrons. The number of rotatable bonds is 11. The third-order valence-electron chi connectivity index (χ3n) is 4.63. The third kappa shape index (κ3) is 7.38. The molecule has 32 heavy (non-hydrogen) atoms. The van der Waals surface area contributed by atoms with E-state index in [-0.39, 0.29) is 30.5 Å². The minimum Gasteiger partial charge on any atom is -0.481 e. The lowest BCUT2D eigenvalue weighted by Gasteiger charge is -2.16. The van der Waals surface area contributed by atoms with E-state index in [1.165, 1.54) is 19.1 Å². The van der Waals surface area contributed by atoms with Crippen molar-refractivity contribution in [1.82, 2.24) is 9.97 Å². The SMILES string of the molecule is CCS(=O)(=O)Nc1nc(-c2ccc(F)cc2)c(/C=C/CCC(O)CC(=O)O)c(C(C)C)n1. The third-order valence-corrected chi connectivity index (χ3v) is 5.88. The fourth-order valence-electron chi connectivity index (χ4n) is 2.97. The quantitative estimate of drug-likeness (QED) is 0.460. The molecule has 3 N–H and O–H groups in total. The maximum atomic E-state index is 13.5. The molecule has 10 heteroatoms. The number of hydrogen-bond acceptors (Lipinski definition) is 6. The smallest absolute Gasteiger partial charge is 0.305 e. The lowest BCUT2D eigenvalue weighted by Crippen LogP contribution is -2.18. The number of hydrogen-bond donors (Lipinski definition) is 3. The number of halogens is 1. The van der Waals surface area contributed by atoms with Gasteiger partial charge in [-0.2, -0.15) is 0 Å². The Balaban J connectivity index is 2.50. The van der Waals surface area contributed by atoms with Crippen molar-refractivity contribution in [3.63, 3.8) is 0 Å². The van der Waals surface area contributed by atoms with Crippen molar-refractivity contribution in [2.24, 2.45) is 0 Å². The molecule has 0 aliphatic rings. The number of allylic oxidation sites excluding steroid dienone is 1. The van der Waals surface area contributed by atoms with Crippen LogP contribution in [-0.2, 0) is 14.8 Å². The van der Waals surface area contributed by atoms with E-state index in [4.69, 9.17) is 5.11 Å². The van der Waals surface area contributed by atoms with E-state index in [0.717, 1.165) is 0 Å². The minimum absolute atomic E-state index is 0.0658. The van der Waals surface area contributed by atoms with E-state index in [1.807, 2.05) is 13.8 Å². The van der Waals surface area contributed by atoms with Crippen LogP contribution in [0.5, 0.6) is 0 Å². The van der Waals surface area contributed by atoms with E-state index >= 15 is 0 Å². The van der Waals surface area contributed by atoms with Crippen LogP contribution in [0.1, 0.15) is 57.2 Å². The topological polar surface area (TPSA) is 129 Å². The molecule has 174 valence electrons. The predicted molar refractivity (Wildman–Crippen MR) is 121 cm³/mol. The molecule has 1 aromatic carbocycles. The van der Waals surface area contributed by atoms with Crippen LogP contribution in [0.4, 0.5) is 10.3 Å². The first-order valence-corrected chi connectivity index (χ1v) is 11.9. The Bertz CT molecular complexity index is 1070. The molecule has 8 nitrogen and oxygen atoms in total. The first kappa shape index (κ1) is 25.4. The van der Waals surface area contributed by atoms with Gasteiger partial charge in [0.25, 0.3) is 0 Å². The summed E-state index contributed by atoms with van der Waals surface area (Å²) in [6.07, 6.45) is 2.93. The number of aliphatic carboxylic acids is 1. The van der Waals surface area contributed by atoms with Crippen LogP contribution in [-0.4, -0.2) is 46.4 Å². The fourth-order valence-corrected chi connectivity index (χ4v) is 3.48. The largest absolute Gasteiger partial charge is 0.481 e. The number of aliphatic hydroxyl groups excluding tert-OH is 1. The summed E-state index contributed by atoms with van der Waals surface area (Å²) < 4.78 is 40.0. The van der Waals surface area contributed by atoms with Gasteiger partial charge in [0, 0.05) is 11.1 Å². The van der Waals surface area contributed by atoms with Crippen LogP contribution in [0.2, 0.25) is 0 Å². The molecule has 2 rings (SSSR count). The average molecular weight is 466 g/mol. The summed E-state index contributed by atoms with van der Waals surface area (Å²) in [5.41, 5.74) is 2.24. The molecular weight excluding hydrogens is 437 g/mol. The second-order valence-corrected chi connectivity index (χ2v) is 9.60. The summed E-state index contributed by atoms with van der Waals surface area (Å²) in [4.78, 5) is 19.5. The second kappa shape index (κ2) is 11.1. The molecule has 1 heterocycles. The van der Waals surface area contributed by atoms with Gasteiger partial charge < -0.3 is 10.2 Å². The highest BCUT2D eigenvalue weighted by Crippen LogP contribution is 2.31. The molecule has 0 saturated carbocycles. The van der Waals surface area contributed by atoms with Crippen molar-refractivity contribution >= 4 is 28.0 Å². The number of carbonyl (C=O) groups is 1. The zero-order valence-corrected chi connectivity index (χ0v) is 19.1. The van der Waals surface area contributed by atoms with Gasteiger partial charge in [-0.1, -0.05) is 26.0 Å². The number of nitrogens with one attached hydrogen (secondary N) is 1. The predicted octanol–water partition coefficient (Wildman–Crippen LogP) is 3.80. The number of carboxylic acids is 1. The van der Waals surface area contributed by atoms with Crippen LogP contribution >= 0.6 is 0 Å². The van der Waals surface area contributed by atoms with Crippen LogP contribution < -0.4 is 4.72 Å². The van der Waals surface area contributed by atoms with Gasteiger partial charge in [-0.25, -0.2) is 22.8 Å². The summed E-state index contributed by atoms with van der Waals surface area (Å²) >= 11 is 0. The molecule has 0 aliphatic carbocycles. The Morgan fingerprint density at radius 2 is 1.88 bits per heavy atom. The highest BCUT2D eigenvalue weighted by atomic mass is 32.2. The molecule has 0 fully saturated rings. The Labute approximate surface area is 187 Å². The van der Waals surface area contributed by atoms with Gasteiger partial charge in [0.2, 0.25) is 16.0 Å². The Morgan fingerprint density at radius 1 is 1.22 bits per heavy atom. The lowest BCUT2D eigenvalue weighted by atomic mass is 9.97. The second-order valence-electron chi connectivity index (χ2n) is 7.59. The Morgan fingerprint density at radius 3 is 2.44 bits per heavy atom. The van der Waals surface area contributed by atoms with Gasteiger partial charge in [0.05, 0.1) is 29.7 Å². The normalized spacial score (nSPS) is 12.9. The minimum atomic E-state index is -3.60. The number of sulfonamides is 1. The summed E-state index contributed by atoms with van der Waals surface area (Å²) in [5.74, 6) is -1.77. The molecule has 0 saturated heterocycles. The molecular formula is C22H28FN3O5S. The van der Waals surface area contributed by atoms with E-state index in [0.29, 0.717) is 28.9 Å². The molecule has 0 amide bonds. The number of benzene rings is 1. The fraction of sp³-hybridized carbons (Fsp3) is 0.409. The van der Waals surface area contributed by atoms with E-state index in [2.05, 4.69) is 14.7 Å². The zero-order chi connectivity index (χ0) is 23.9. The van der Waals surface area contributed by atoms with Crippen molar-refractivity contribution < 1.29 is 27.8 Å². The number of anilines is 1. The van der Waals surface area contributed by atoms with Gasteiger partial charge in [0.15, 0.2) is 0 Å². The van der Waals surface area contributed by atoms with E-state index < -0.39 is 27.9 Å². The van der Waals surface area contributed by atoms with E-state index in [9.17, 15) is 22.7 Å². The van der Waals surface area contributed by atoms with Gasteiger partial charge in [-0.3, -0.25) is 9.52 Å². The lowest BCUT2D eigenvalue weighted by molar-refractivity contribution is -0.139. The van der Waals surface area contributed by atoms with Gasteiger partial charge in [0.1, 0.15) is 5.82 Å². The van der Waals surface area contributed by atoms with Crippen LogP contribution in [0.15, 0.2) is 30.3 Å². The number of aliphatic hydroxyl groups is 1. The first-order valence-electron chi connectivity index (χ1n) is 10.3. The van der Waals surface area contributed by atoms with Crippen LogP contribution in [0.3, 0.4) is 0 Å². The van der Waals surface area contributed by atoms with Crippen molar-refractivity contribution in [3.05, 3.63) is 47.4 Å². The molecule has 0 spiro atoms. The summed E-state index contributed by atoms with van der Waals surface area (Å²) in [6, 6.07) is 5.68. The highest BCUT2D eigenvalue weighted by Gasteiger charge is 2.19. The molecule has 2 aromatic rings. The van der Waals surface area contributed by atoms with Gasteiger partial charge in [-0.15, -0.1) is 0 Å². The van der Waals surface area contributed by atoms with Crippen molar-refractivity contribution in [3.8, 4) is 11.3 Å². The van der Waals surface area contributed by atoms with Gasteiger partial charge >= 0.3 is 5.97 Å². The summed E-state index contributed by atoms with van der Waals surface area (Å²) in [7, 11) is -3.60. The van der Waals surface area contributed by atoms with Crippen molar-refractivity contribution in [2.75, 3.05) is 10.5 Å². The summed E-state index contributed by atoms with van der Waals surface area (Å²) in [5, 5.41) is 18.5. The Hall–Kier alpha value is -2.85. The highest BCUT2D eigenvalue weighted by molar-refractivity contribution is 7.92. The molecule has 0 aliphatic heterocycles. The van der Waals surface area contributed by atoms with Gasteiger partial charge in [-0.05, 0) is 49.9 Å². The average Bonchev–Trinajstić information content (AvgIpc) is 2.71. The van der Waals surface area contributed by atoms with Crippen LogP contribution in [0, 0.1) is 5.82 Å². The maximum Gasteiger partial charge on any atom is 0.305 e. The monoisotopic (exact) mass is 465 g/mol. The summed E-state index contributed by atoms with van der Waals surface area (Å²) in [6.45, 7) is 5.31.